The molecule has 0 spiro atoms. The molecule has 3 heterocycles. The molecule has 72 heavy (non-hydrogen) atoms. The number of anilines is 1. The van der Waals surface area contributed by atoms with Crippen LogP contribution in [0.3, 0.4) is 0 Å². The van der Waals surface area contributed by atoms with Crippen LogP contribution in [0.1, 0.15) is 213 Å². The second-order valence-electron chi connectivity index (χ2n) is 20.0. The molecular formula is C51H91N3O16P2. The maximum atomic E-state index is 12.9. The summed E-state index contributed by atoms with van der Waals surface area (Å²) in [4.78, 5) is 62.1. The standard InChI is InChI=1S/C51H91N3O16P2/c1-4-5-6-7-21-26-31-42-43(68-42)32-27-22-19-24-28-33-46(55)64-37-41(67-47(56)34-29-23-18-16-14-12-10-8-9-11-13-15-17-20-25-30-40(2)3)38-65-71(60,61)70-72(62,63)66-39-44-48(57)49(58)50(69-44)54-36-35-45(52)53-51(54)59/h21,26,35-36,40-44,48-50,57-58H,4-20,22-25,27-34,37-39H2,1-3H3,(H,60,61)(H,62,63)(H2,52,53,59)/b26-21-/t41-,42?,43?,44-,48-,49-,50-/m1/s1. The maximum absolute atomic E-state index is 12.9. The van der Waals surface area contributed by atoms with Gasteiger partial charge in [0, 0.05) is 19.0 Å². The third kappa shape index (κ3) is 28.9. The molecular weight excluding hydrogens is 973 g/mol. The molecule has 1 aromatic rings. The summed E-state index contributed by atoms with van der Waals surface area (Å²) in [6.07, 6.45) is 28.7. The van der Waals surface area contributed by atoms with Crippen LogP contribution in [0.25, 0.3) is 0 Å². The lowest BCUT2D eigenvalue weighted by molar-refractivity contribution is -0.161. The lowest BCUT2D eigenvalue weighted by Gasteiger charge is -2.21. The predicted octanol–water partition coefficient (Wildman–Crippen LogP) is 10.5. The summed E-state index contributed by atoms with van der Waals surface area (Å²) in [5.74, 6) is -0.507. The zero-order valence-corrected chi connectivity index (χ0v) is 45.4. The number of hydrogen-bond acceptors (Lipinski definition) is 16. The molecule has 2 aliphatic rings. The number of nitrogen functional groups attached to an aromatic ring is 1. The van der Waals surface area contributed by atoms with E-state index in [0.29, 0.717) is 25.0 Å². The topological polar surface area (TPSA) is 278 Å². The number of allylic oxidation sites excluding steroid dienone is 1. The Bertz CT molecular complexity index is 1840. The molecule has 2 aliphatic heterocycles. The lowest BCUT2D eigenvalue weighted by atomic mass is 10.0. The molecule has 0 saturated carbocycles. The minimum absolute atomic E-state index is 0.0486. The molecule has 0 aliphatic carbocycles. The Kier molecular flexibility index (Phi) is 32.3. The lowest BCUT2D eigenvalue weighted by Crippen LogP contribution is -2.36. The Hall–Kier alpha value is -2.54. The highest BCUT2D eigenvalue weighted by molar-refractivity contribution is 7.61. The summed E-state index contributed by atoms with van der Waals surface area (Å²) in [6.45, 7) is 4.46. The van der Waals surface area contributed by atoms with Gasteiger partial charge in [-0.3, -0.25) is 23.2 Å². The van der Waals surface area contributed by atoms with Crippen molar-refractivity contribution in [3.63, 3.8) is 0 Å². The average Bonchev–Trinajstić information content (AvgIpc) is 4.02. The second kappa shape index (κ2) is 36.4. The fourth-order valence-electron chi connectivity index (χ4n) is 8.62. The fraction of sp³-hybridized carbons (Fsp3) is 0.843. The Labute approximate surface area is 428 Å². The number of unbranched alkanes of at least 4 members (excludes halogenated alkanes) is 21. The van der Waals surface area contributed by atoms with E-state index in [9.17, 15) is 43.5 Å². The highest BCUT2D eigenvalue weighted by Crippen LogP contribution is 2.60. The van der Waals surface area contributed by atoms with Gasteiger partial charge in [0.2, 0.25) is 0 Å². The summed E-state index contributed by atoms with van der Waals surface area (Å²) < 4.78 is 62.7. The van der Waals surface area contributed by atoms with Gasteiger partial charge in [-0.1, -0.05) is 168 Å². The van der Waals surface area contributed by atoms with E-state index in [1.807, 2.05) is 0 Å². The van der Waals surface area contributed by atoms with Crippen LogP contribution in [0.2, 0.25) is 0 Å². The molecule has 6 N–H and O–H groups in total. The van der Waals surface area contributed by atoms with E-state index in [0.717, 1.165) is 81.1 Å². The average molecular weight is 1060 g/mol. The van der Waals surface area contributed by atoms with Crippen LogP contribution in [0.4, 0.5) is 5.82 Å². The number of nitrogens with two attached hydrogens (primary N) is 1. The molecule has 0 aromatic carbocycles. The van der Waals surface area contributed by atoms with Gasteiger partial charge in [0.1, 0.15) is 30.7 Å². The van der Waals surface area contributed by atoms with Crippen LogP contribution in [-0.2, 0) is 51.0 Å². The van der Waals surface area contributed by atoms with E-state index >= 15 is 0 Å². The Morgan fingerprint density at radius 3 is 1.89 bits per heavy atom. The number of phosphoric acid groups is 2. The van der Waals surface area contributed by atoms with E-state index in [4.69, 9.17) is 33.7 Å². The van der Waals surface area contributed by atoms with Crippen molar-refractivity contribution >= 4 is 33.4 Å². The molecule has 0 bridgehead atoms. The molecule has 3 rings (SSSR count). The first-order valence-corrected chi connectivity index (χ1v) is 30.2. The van der Waals surface area contributed by atoms with Gasteiger partial charge < -0.3 is 44.7 Å². The summed E-state index contributed by atoms with van der Waals surface area (Å²) in [5, 5.41) is 20.9. The highest BCUT2D eigenvalue weighted by Gasteiger charge is 2.46. The van der Waals surface area contributed by atoms with Crippen LogP contribution in [-0.4, -0.2) is 97.9 Å². The van der Waals surface area contributed by atoms with Gasteiger partial charge >= 0.3 is 33.3 Å². The number of rotatable bonds is 44. The van der Waals surface area contributed by atoms with E-state index in [1.54, 1.807) is 0 Å². The van der Waals surface area contributed by atoms with E-state index < -0.39 is 83.7 Å². The number of aliphatic hydroxyl groups excluding tert-OH is 2. The zero-order valence-electron chi connectivity index (χ0n) is 43.6. The summed E-state index contributed by atoms with van der Waals surface area (Å²) in [5.41, 5.74) is 4.60. The largest absolute Gasteiger partial charge is 0.481 e. The van der Waals surface area contributed by atoms with Gasteiger partial charge in [0.15, 0.2) is 12.3 Å². The molecule has 19 nitrogen and oxygen atoms in total. The number of epoxide rings is 1. The van der Waals surface area contributed by atoms with Gasteiger partial charge in [-0.2, -0.15) is 9.29 Å². The first kappa shape index (κ1) is 63.8. The molecule has 21 heteroatoms. The van der Waals surface area contributed by atoms with E-state index in [2.05, 4.69) is 42.2 Å². The number of esters is 2. The monoisotopic (exact) mass is 1060 g/mol. The van der Waals surface area contributed by atoms with Crippen molar-refractivity contribution in [3.05, 3.63) is 34.9 Å². The Morgan fingerprint density at radius 1 is 0.722 bits per heavy atom. The van der Waals surface area contributed by atoms with Crippen LogP contribution < -0.4 is 11.4 Å². The van der Waals surface area contributed by atoms with Gasteiger partial charge in [-0.25, -0.2) is 13.9 Å². The second-order valence-corrected chi connectivity index (χ2v) is 23.0. The number of nitrogens with zero attached hydrogens (tertiary/aromatic N) is 2. The van der Waals surface area contributed by atoms with Gasteiger partial charge in [-0.05, 0) is 50.5 Å². The van der Waals surface area contributed by atoms with E-state index in [-0.39, 0.29) is 18.7 Å². The normalized spacial score (nSPS) is 22.0. The van der Waals surface area contributed by atoms with Crippen LogP contribution in [0.15, 0.2) is 29.2 Å². The summed E-state index contributed by atoms with van der Waals surface area (Å²) >= 11 is 0. The maximum Gasteiger partial charge on any atom is 0.481 e. The molecule has 416 valence electrons. The number of ether oxygens (including phenoxy) is 4. The third-order valence-electron chi connectivity index (χ3n) is 13.0. The van der Waals surface area contributed by atoms with Gasteiger partial charge in [0.25, 0.3) is 0 Å². The van der Waals surface area contributed by atoms with Crippen molar-refractivity contribution in [2.75, 3.05) is 25.6 Å². The molecule has 0 amide bonds. The first-order valence-electron chi connectivity index (χ1n) is 27.2. The number of carbonyl (C=O) groups excluding carboxylic acids is 2. The van der Waals surface area contributed by atoms with E-state index in [1.165, 1.54) is 102 Å². The predicted molar refractivity (Wildman–Crippen MR) is 275 cm³/mol. The molecule has 2 fully saturated rings. The number of aromatic nitrogens is 2. The smallest absolute Gasteiger partial charge is 0.462 e. The Morgan fingerprint density at radius 2 is 1.29 bits per heavy atom. The van der Waals surface area contributed by atoms with Crippen LogP contribution in [0.5, 0.6) is 0 Å². The SMILES string of the molecule is CCCCC/C=C\CC1OC1CCCCCCCC(=O)OC[C@H](COP(=O)(O)OP(=O)(O)OC[C@H]1O[C@@H](n2ccc(N)nc2=O)[C@H](O)[C@@H]1O)OC(=O)CCCCCCCCCCCCCCCCCC(C)C. The minimum Gasteiger partial charge on any atom is -0.462 e. The van der Waals surface area contributed by atoms with Gasteiger partial charge in [-0.15, -0.1) is 0 Å². The van der Waals surface area contributed by atoms with Crippen molar-refractivity contribution in [3.8, 4) is 0 Å². The molecule has 1 aromatic heterocycles. The van der Waals surface area contributed by atoms with Crippen molar-refractivity contribution in [2.24, 2.45) is 5.92 Å². The van der Waals surface area contributed by atoms with Crippen molar-refractivity contribution in [1.82, 2.24) is 9.55 Å². The van der Waals surface area contributed by atoms with Gasteiger partial charge in [0.05, 0.1) is 25.4 Å². The summed E-state index contributed by atoms with van der Waals surface area (Å²) in [7, 11) is -10.9. The third-order valence-corrected chi connectivity index (χ3v) is 15.6. The minimum atomic E-state index is -5.43. The number of hydrogen-bond donors (Lipinski definition) is 5. The first-order chi connectivity index (χ1) is 34.5. The number of carbonyl (C=O) groups is 2. The fourth-order valence-corrected chi connectivity index (χ4v) is 10.7. The van der Waals surface area contributed by atoms with Crippen molar-refractivity contribution < 1.29 is 71.0 Å². The molecule has 0 radical (unpaired) electrons. The highest BCUT2D eigenvalue weighted by atomic mass is 31.3. The van der Waals surface area contributed by atoms with Crippen molar-refractivity contribution in [2.45, 2.75) is 250 Å². The number of phosphoric ester groups is 2. The van der Waals surface area contributed by atoms with Crippen LogP contribution >= 0.6 is 15.6 Å². The number of aliphatic hydroxyl groups is 2. The molecule has 4 unspecified atom stereocenters. The van der Waals surface area contributed by atoms with Crippen LogP contribution in [0, 0.1) is 5.92 Å². The molecule has 9 atom stereocenters. The molecule has 2 saturated heterocycles. The Balaban J connectivity index is 1.37. The van der Waals surface area contributed by atoms with Crippen molar-refractivity contribution in [1.29, 1.82) is 0 Å². The zero-order chi connectivity index (χ0) is 52.6. The quantitative estimate of drug-likeness (QED) is 0.0134. The summed E-state index contributed by atoms with van der Waals surface area (Å²) in [6, 6.07) is 1.25.